The van der Waals surface area contributed by atoms with Gasteiger partial charge in [-0.3, -0.25) is 9.59 Å². The van der Waals surface area contributed by atoms with Gasteiger partial charge in [0.1, 0.15) is 5.92 Å². The molecule has 1 N–H and O–H groups in total. The Morgan fingerprint density at radius 2 is 2.00 bits per heavy atom. The first kappa shape index (κ1) is 8.62. The average molecular weight is 188 g/mol. The van der Waals surface area contributed by atoms with Crippen LogP contribution >= 0.6 is 0 Å². The first-order chi connectivity index (χ1) is 6.79. The van der Waals surface area contributed by atoms with Crippen molar-refractivity contribution in [3.8, 4) is 0 Å². The minimum absolute atomic E-state index is 0.218. The van der Waals surface area contributed by atoms with Crippen molar-refractivity contribution in [2.24, 2.45) is 11.0 Å². The van der Waals surface area contributed by atoms with Crippen molar-refractivity contribution in [1.29, 1.82) is 0 Å². The zero-order valence-corrected chi connectivity index (χ0v) is 7.31. The topological polar surface area (TPSA) is 58.5 Å². The summed E-state index contributed by atoms with van der Waals surface area (Å²) in [6.07, 6.45) is 1.33. The van der Waals surface area contributed by atoms with E-state index in [0.29, 0.717) is 5.56 Å². The number of hydrogen-bond acceptors (Lipinski definition) is 3. The van der Waals surface area contributed by atoms with Crippen LogP contribution in [0.3, 0.4) is 0 Å². The largest absolute Gasteiger partial charge is 0.293 e. The van der Waals surface area contributed by atoms with Gasteiger partial charge in [0, 0.05) is 11.8 Å². The highest BCUT2D eigenvalue weighted by Crippen LogP contribution is 2.10. The average Bonchev–Trinajstić information content (AvgIpc) is 2.65. The second-order valence-corrected chi connectivity index (χ2v) is 2.96. The zero-order chi connectivity index (χ0) is 9.97. The quantitative estimate of drug-likeness (QED) is 0.545. The Hall–Kier alpha value is -1.97. The lowest BCUT2D eigenvalue weighted by molar-refractivity contribution is -0.120. The Morgan fingerprint density at radius 3 is 2.57 bits per heavy atom. The number of Topliss-reactive ketones (excluding diaryl/α,β-unsaturated/α-hetero) is 1. The SMILES string of the molecule is O=C1NN=CC1C(=O)c1ccccc1. The van der Waals surface area contributed by atoms with Crippen LogP contribution in [0.4, 0.5) is 0 Å². The number of carbonyl (C=O) groups excluding carboxylic acids is 2. The lowest BCUT2D eigenvalue weighted by atomic mass is 9.99. The van der Waals surface area contributed by atoms with Crippen molar-refractivity contribution < 1.29 is 9.59 Å². The fourth-order valence-corrected chi connectivity index (χ4v) is 1.28. The smallest absolute Gasteiger partial charge is 0.256 e. The molecule has 0 bridgehead atoms. The minimum Gasteiger partial charge on any atom is -0.293 e. The normalized spacial score (nSPS) is 19.4. The van der Waals surface area contributed by atoms with Crippen LogP contribution in [0.15, 0.2) is 35.4 Å². The molecule has 0 spiro atoms. The zero-order valence-electron chi connectivity index (χ0n) is 7.31. The number of ketones is 1. The Morgan fingerprint density at radius 1 is 1.29 bits per heavy atom. The Balaban J connectivity index is 2.25. The van der Waals surface area contributed by atoms with E-state index in [-0.39, 0.29) is 11.7 Å². The van der Waals surface area contributed by atoms with E-state index in [1.54, 1.807) is 24.3 Å². The number of carbonyl (C=O) groups is 2. The van der Waals surface area contributed by atoms with Gasteiger partial charge >= 0.3 is 0 Å². The third-order valence-corrected chi connectivity index (χ3v) is 2.02. The molecule has 1 aromatic rings. The molecule has 1 aromatic carbocycles. The monoisotopic (exact) mass is 188 g/mol. The van der Waals surface area contributed by atoms with Gasteiger partial charge in [-0.15, -0.1) is 0 Å². The molecule has 1 atom stereocenters. The van der Waals surface area contributed by atoms with E-state index in [4.69, 9.17) is 0 Å². The molecule has 1 aliphatic rings. The van der Waals surface area contributed by atoms with Crippen molar-refractivity contribution in [3.63, 3.8) is 0 Å². The van der Waals surface area contributed by atoms with Gasteiger partial charge in [0.25, 0.3) is 5.91 Å². The molecule has 1 aliphatic heterocycles. The Bertz CT molecular complexity index is 398. The maximum Gasteiger partial charge on any atom is 0.256 e. The first-order valence-electron chi connectivity index (χ1n) is 4.21. The van der Waals surface area contributed by atoms with Gasteiger partial charge in [-0.25, -0.2) is 5.43 Å². The van der Waals surface area contributed by atoms with Gasteiger partial charge in [-0.2, -0.15) is 5.10 Å². The van der Waals surface area contributed by atoms with Crippen LogP contribution < -0.4 is 5.43 Å². The molecule has 0 aromatic heterocycles. The van der Waals surface area contributed by atoms with E-state index in [2.05, 4.69) is 10.5 Å². The molecule has 14 heavy (non-hydrogen) atoms. The lowest BCUT2D eigenvalue weighted by Crippen LogP contribution is -2.27. The minimum atomic E-state index is -0.766. The van der Waals surface area contributed by atoms with Crippen molar-refractivity contribution in [2.45, 2.75) is 0 Å². The summed E-state index contributed by atoms with van der Waals surface area (Å²) in [7, 11) is 0. The third-order valence-electron chi connectivity index (χ3n) is 2.02. The highest BCUT2D eigenvalue weighted by Gasteiger charge is 2.28. The van der Waals surface area contributed by atoms with E-state index < -0.39 is 5.92 Å². The number of benzene rings is 1. The Labute approximate surface area is 80.6 Å². The van der Waals surface area contributed by atoms with E-state index >= 15 is 0 Å². The van der Waals surface area contributed by atoms with Crippen LogP contribution in [0.25, 0.3) is 0 Å². The molecular formula is C10H8N2O2. The van der Waals surface area contributed by atoms with Crippen molar-refractivity contribution in [3.05, 3.63) is 35.9 Å². The molecule has 70 valence electrons. The van der Waals surface area contributed by atoms with Gasteiger partial charge in [-0.1, -0.05) is 30.3 Å². The number of hydrogen-bond donors (Lipinski definition) is 1. The second kappa shape index (κ2) is 3.41. The van der Waals surface area contributed by atoms with Crippen LogP contribution in [-0.4, -0.2) is 17.9 Å². The van der Waals surface area contributed by atoms with Gasteiger partial charge in [0.05, 0.1) is 0 Å². The van der Waals surface area contributed by atoms with E-state index in [1.807, 2.05) is 6.07 Å². The summed E-state index contributed by atoms with van der Waals surface area (Å²) in [5, 5.41) is 3.55. The first-order valence-corrected chi connectivity index (χ1v) is 4.21. The second-order valence-electron chi connectivity index (χ2n) is 2.96. The number of amides is 1. The molecule has 2 rings (SSSR count). The summed E-state index contributed by atoms with van der Waals surface area (Å²) < 4.78 is 0. The number of nitrogens with zero attached hydrogens (tertiary/aromatic N) is 1. The molecule has 4 heteroatoms. The van der Waals surface area contributed by atoms with Gasteiger partial charge in [-0.05, 0) is 0 Å². The molecule has 4 nitrogen and oxygen atoms in total. The van der Waals surface area contributed by atoms with Crippen molar-refractivity contribution in [2.75, 3.05) is 0 Å². The molecular weight excluding hydrogens is 180 g/mol. The van der Waals surface area contributed by atoms with Crippen LogP contribution in [0.5, 0.6) is 0 Å². The number of rotatable bonds is 2. The molecule has 1 heterocycles. The van der Waals surface area contributed by atoms with Crippen molar-refractivity contribution >= 4 is 17.9 Å². The van der Waals surface area contributed by atoms with Crippen molar-refractivity contribution in [1.82, 2.24) is 5.43 Å². The molecule has 1 unspecified atom stereocenters. The highest BCUT2D eigenvalue weighted by molar-refractivity contribution is 6.21. The predicted molar refractivity (Wildman–Crippen MR) is 50.9 cm³/mol. The van der Waals surface area contributed by atoms with Crippen LogP contribution in [-0.2, 0) is 4.79 Å². The van der Waals surface area contributed by atoms with E-state index in [9.17, 15) is 9.59 Å². The van der Waals surface area contributed by atoms with Crippen LogP contribution in [0.1, 0.15) is 10.4 Å². The lowest BCUT2D eigenvalue weighted by Gasteiger charge is -2.02. The van der Waals surface area contributed by atoms with E-state index in [1.165, 1.54) is 6.21 Å². The summed E-state index contributed by atoms with van der Waals surface area (Å²) >= 11 is 0. The maximum absolute atomic E-state index is 11.7. The van der Waals surface area contributed by atoms with Crippen LogP contribution in [0, 0.1) is 5.92 Å². The third kappa shape index (κ3) is 1.42. The molecule has 0 aliphatic carbocycles. The Kier molecular flexibility index (Phi) is 2.10. The maximum atomic E-state index is 11.7. The summed E-state index contributed by atoms with van der Waals surface area (Å²) in [5.41, 5.74) is 2.76. The standard InChI is InChI=1S/C10H8N2O2/c13-9(7-4-2-1-3-5-7)8-6-11-12-10(8)14/h1-6,8H,(H,12,14). The summed E-state index contributed by atoms with van der Waals surface area (Å²) in [6.45, 7) is 0. The summed E-state index contributed by atoms with van der Waals surface area (Å²) in [4.78, 5) is 22.8. The molecule has 0 saturated carbocycles. The number of hydrazone groups is 1. The van der Waals surface area contributed by atoms with Gasteiger partial charge in [0.2, 0.25) is 0 Å². The van der Waals surface area contributed by atoms with Crippen LogP contribution in [0.2, 0.25) is 0 Å². The highest BCUT2D eigenvalue weighted by atomic mass is 16.2. The molecule has 0 radical (unpaired) electrons. The van der Waals surface area contributed by atoms with E-state index in [0.717, 1.165) is 0 Å². The molecule has 0 fully saturated rings. The number of nitrogens with one attached hydrogen (secondary N) is 1. The van der Waals surface area contributed by atoms with Gasteiger partial charge in [0.15, 0.2) is 5.78 Å². The molecule has 1 amide bonds. The summed E-state index contributed by atoms with van der Waals surface area (Å²) in [5.74, 6) is -1.35. The predicted octanol–water partition coefficient (Wildman–Crippen LogP) is 0.601. The fraction of sp³-hybridized carbons (Fsp3) is 0.100. The van der Waals surface area contributed by atoms with Gasteiger partial charge < -0.3 is 0 Å². The molecule has 0 saturated heterocycles. The fourth-order valence-electron chi connectivity index (χ4n) is 1.28. The summed E-state index contributed by atoms with van der Waals surface area (Å²) in [6, 6.07) is 8.71.